The summed E-state index contributed by atoms with van der Waals surface area (Å²) in [6.45, 7) is 2.05. The predicted octanol–water partition coefficient (Wildman–Crippen LogP) is 7.35. The van der Waals surface area contributed by atoms with E-state index in [0.717, 1.165) is 53.0 Å². The maximum Gasteiger partial charge on any atom is 0.341 e. The molecule has 0 spiro atoms. The molecule has 0 atom stereocenters. The van der Waals surface area contributed by atoms with Gasteiger partial charge in [-0.25, -0.2) is 9.78 Å². The van der Waals surface area contributed by atoms with Gasteiger partial charge in [-0.1, -0.05) is 66.7 Å². The highest BCUT2D eigenvalue weighted by molar-refractivity contribution is 7.99. The molecule has 0 aliphatic heterocycles. The first-order valence-electron chi connectivity index (χ1n) is 13.9. The number of nitrogens with zero attached hydrogens (tertiary/aromatic N) is 2. The number of hydrogen-bond donors (Lipinski definition) is 1. The zero-order chi connectivity index (χ0) is 29.1. The molecule has 1 aliphatic carbocycles. The molecule has 5 aromatic rings. The summed E-state index contributed by atoms with van der Waals surface area (Å²) in [5, 5.41) is 4.49. The van der Waals surface area contributed by atoms with Crippen LogP contribution in [0.5, 0.6) is 0 Å². The SMILES string of the molecule is CCOC(=O)c1c(NC(=O)CSc2nc3sc(-c4ccccc4)cc3c(=O)n2-c2ccccc2)sc2c1CCCCC2. The van der Waals surface area contributed by atoms with Gasteiger partial charge >= 0.3 is 5.97 Å². The number of hydrogen-bond acceptors (Lipinski definition) is 8. The van der Waals surface area contributed by atoms with Crippen LogP contribution in [0.15, 0.2) is 76.7 Å². The van der Waals surface area contributed by atoms with Crippen molar-refractivity contribution in [3.05, 3.63) is 93.1 Å². The van der Waals surface area contributed by atoms with Gasteiger partial charge in [-0.2, -0.15) is 0 Å². The van der Waals surface area contributed by atoms with Crippen LogP contribution in [0.1, 0.15) is 47.0 Å². The predicted molar refractivity (Wildman–Crippen MR) is 172 cm³/mol. The van der Waals surface area contributed by atoms with Gasteiger partial charge in [-0.05, 0) is 61.9 Å². The second-order valence-corrected chi connectivity index (χ2v) is 13.0. The molecule has 10 heteroatoms. The highest BCUT2D eigenvalue weighted by Gasteiger charge is 2.27. The number of para-hydroxylation sites is 1. The first kappa shape index (κ1) is 28.4. The molecular formula is C32H29N3O4S3. The van der Waals surface area contributed by atoms with Crippen molar-refractivity contribution >= 4 is 61.5 Å². The van der Waals surface area contributed by atoms with E-state index in [0.29, 0.717) is 31.6 Å². The highest BCUT2D eigenvalue weighted by Crippen LogP contribution is 2.38. The Hall–Kier alpha value is -3.73. The Morgan fingerprint density at radius 3 is 2.50 bits per heavy atom. The molecule has 0 saturated heterocycles. The van der Waals surface area contributed by atoms with E-state index in [9.17, 15) is 14.4 Å². The largest absolute Gasteiger partial charge is 0.462 e. The first-order chi connectivity index (χ1) is 20.5. The van der Waals surface area contributed by atoms with Crippen LogP contribution in [0.2, 0.25) is 0 Å². The maximum atomic E-state index is 13.8. The topological polar surface area (TPSA) is 90.3 Å². The number of carbonyl (C=O) groups excluding carboxylic acids is 2. The van der Waals surface area contributed by atoms with Gasteiger partial charge in [0.2, 0.25) is 5.91 Å². The zero-order valence-electron chi connectivity index (χ0n) is 23.1. The average molecular weight is 616 g/mol. The van der Waals surface area contributed by atoms with Crippen LogP contribution >= 0.6 is 34.4 Å². The smallest absolute Gasteiger partial charge is 0.341 e. The summed E-state index contributed by atoms with van der Waals surface area (Å²) in [5.74, 6) is -0.643. The van der Waals surface area contributed by atoms with E-state index >= 15 is 0 Å². The number of thiophene rings is 2. The number of anilines is 1. The van der Waals surface area contributed by atoms with Gasteiger partial charge in [0.25, 0.3) is 5.56 Å². The number of esters is 1. The quantitative estimate of drug-likeness (QED) is 0.0850. The standard InChI is InChI=1S/C32H29N3O4S3/c1-2-39-31(38)27-22-16-10-5-11-17-24(22)41-29(27)33-26(36)19-40-32-34-28-23(18-25(42-28)20-12-6-3-7-13-20)30(37)35(32)21-14-8-4-9-15-21/h3-4,6-9,12-15,18H,2,5,10-11,16-17,19H2,1H3,(H,33,36). The lowest BCUT2D eigenvalue weighted by Crippen LogP contribution is -2.22. The minimum Gasteiger partial charge on any atom is -0.462 e. The van der Waals surface area contributed by atoms with Gasteiger partial charge in [-0.15, -0.1) is 22.7 Å². The van der Waals surface area contributed by atoms with Crippen molar-refractivity contribution in [1.29, 1.82) is 0 Å². The van der Waals surface area contributed by atoms with Crippen molar-refractivity contribution in [2.75, 3.05) is 17.7 Å². The summed E-state index contributed by atoms with van der Waals surface area (Å²) in [6.07, 6.45) is 4.91. The molecule has 1 N–H and O–H groups in total. The van der Waals surface area contributed by atoms with Gasteiger partial charge in [0.05, 0.1) is 29.0 Å². The molecule has 3 heterocycles. The average Bonchev–Trinajstić information content (AvgIpc) is 3.51. The third kappa shape index (κ3) is 5.79. The van der Waals surface area contributed by atoms with Crippen LogP contribution < -0.4 is 10.9 Å². The number of thioether (sulfide) groups is 1. The number of ether oxygens (including phenoxy) is 1. The molecule has 0 bridgehead atoms. The van der Waals surface area contributed by atoms with E-state index in [1.165, 1.54) is 34.4 Å². The lowest BCUT2D eigenvalue weighted by Gasteiger charge is -2.12. The fraction of sp³-hybridized carbons (Fsp3) is 0.250. The lowest BCUT2D eigenvalue weighted by molar-refractivity contribution is -0.113. The molecule has 2 aromatic carbocycles. The Balaban J connectivity index is 1.31. The van der Waals surface area contributed by atoms with E-state index in [4.69, 9.17) is 9.72 Å². The summed E-state index contributed by atoms with van der Waals surface area (Å²) < 4.78 is 6.93. The van der Waals surface area contributed by atoms with Crippen molar-refractivity contribution in [2.24, 2.45) is 0 Å². The van der Waals surface area contributed by atoms with E-state index < -0.39 is 5.97 Å². The Morgan fingerprint density at radius 2 is 1.74 bits per heavy atom. The van der Waals surface area contributed by atoms with Crippen LogP contribution in [-0.2, 0) is 22.4 Å². The normalized spacial score (nSPS) is 13.0. The number of nitrogens with one attached hydrogen (secondary N) is 1. The fourth-order valence-corrected chi connectivity index (χ4v) is 8.34. The molecule has 0 radical (unpaired) electrons. The zero-order valence-corrected chi connectivity index (χ0v) is 25.5. The number of amides is 1. The summed E-state index contributed by atoms with van der Waals surface area (Å²) in [5.41, 5.74) is 3.02. The van der Waals surface area contributed by atoms with E-state index in [1.807, 2.05) is 66.7 Å². The minimum absolute atomic E-state index is 0.0204. The second-order valence-electron chi connectivity index (χ2n) is 9.89. The highest BCUT2D eigenvalue weighted by atomic mass is 32.2. The van der Waals surface area contributed by atoms with Gasteiger partial charge in [0, 0.05) is 9.75 Å². The maximum absolute atomic E-state index is 13.8. The summed E-state index contributed by atoms with van der Waals surface area (Å²) >= 11 is 4.13. The molecule has 0 fully saturated rings. The fourth-order valence-electron chi connectivity index (χ4n) is 5.15. The van der Waals surface area contributed by atoms with Gasteiger partial charge in [-0.3, -0.25) is 14.2 Å². The Morgan fingerprint density at radius 1 is 1.00 bits per heavy atom. The molecule has 6 rings (SSSR count). The van der Waals surface area contributed by atoms with E-state index in [2.05, 4.69) is 5.32 Å². The summed E-state index contributed by atoms with van der Waals surface area (Å²) in [6, 6.07) is 21.1. The molecule has 3 aromatic heterocycles. The van der Waals surface area contributed by atoms with Crippen molar-refractivity contribution in [3.63, 3.8) is 0 Å². The Bertz CT molecular complexity index is 1810. The van der Waals surface area contributed by atoms with Crippen LogP contribution in [0.3, 0.4) is 0 Å². The number of aryl methyl sites for hydroxylation is 1. The molecular weight excluding hydrogens is 587 g/mol. The number of fused-ring (bicyclic) bond motifs is 2. The van der Waals surface area contributed by atoms with Crippen LogP contribution in [0.4, 0.5) is 5.00 Å². The third-order valence-corrected chi connectivity index (χ3v) is 10.3. The van der Waals surface area contributed by atoms with Crippen LogP contribution in [0.25, 0.3) is 26.3 Å². The van der Waals surface area contributed by atoms with E-state index in [1.54, 1.807) is 11.5 Å². The lowest BCUT2D eigenvalue weighted by atomic mass is 10.1. The monoisotopic (exact) mass is 615 g/mol. The molecule has 0 saturated carbocycles. The molecule has 42 heavy (non-hydrogen) atoms. The van der Waals surface area contributed by atoms with Crippen molar-refractivity contribution < 1.29 is 14.3 Å². The van der Waals surface area contributed by atoms with Crippen molar-refractivity contribution in [1.82, 2.24) is 9.55 Å². The summed E-state index contributed by atoms with van der Waals surface area (Å²) in [7, 11) is 0. The van der Waals surface area contributed by atoms with E-state index in [-0.39, 0.29) is 23.8 Å². The van der Waals surface area contributed by atoms with Gasteiger partial charge < -0.3 is 10.1 Å². The summed E-state index contributed by atoms with van der Waals surface area (Å²) in [4.78, 5) is 47.6. The number of aromatic nitrogens is 2. The minimum atomic E-state index is -0.392. The number of carbonyl (C=O) groups is 2. The van der Waals surface area contributed by atoms with Gasteiger partial charge in [0.1, 0.15) is 9.83 Å². The second kappa shape index (κ2) is 12.6. The molecule has 1 aliphatic rings. The van der Waals surface area contributed by atoms with Crippen molar-refractivity contribution in [2.45, 2.75) is 44.2 Å². The van der Waals surface area contributed by atoms with Crippen LogP contribution in [-0.4, -0.2) is 33.8 Å². The number of benzene rings is 2. The van der Waals surface area contributed by atoms with Crippen LogP contribution in [0, 0.1) is 0 Å². The molecule has 0 unspecified atom stereocenters. The Labute approximate surface area is 255 Å². The number of rotatable bonds is 8. The third-order valence-electron chi connectivity index (χ3n) is 7.09. The first-order valence-corrected chi connectivity index (χ1v) is 16.6. The molecule has 1 amide bonds. The van der Waals surface area contributed by atoms with Crippen molar-refractivity contribution in [3.8, 4) is 16.1 Å². The molecule has 7 nitrogen and oxygen atoms in total. The molecule has 214 valence electrons. The van der Waals surface area contributed by atoms with Gasteiger partial charge in [0.15, 0.2) is 5.16 Å². The Kier molecular flexibility index (Phi) is 8.55.